The van der Waals surface area contributed by atoms with Crippen LogP contribution in [-0.4, -0.2) is 96.7 Å². The molecule has 17 nitrogen and oxygen atoms in total. The van der Waals surface area contributed by atoms with Crippen molar-refractivity contribution >= 4 is 39.5 Å². The lowest BCUT2D eigenvalue weighted by Gasteiger charge is -2.21. The number of carbonyl (C=O) groups excluding carboxylic acids is 4. The van der Waals surface area contributed by atoms with Crippen LogP contribution < -0.4 is 0 Å². The van der Waals surface area contributed by atoms with E-state index in [0.29, 0.717) is 31.6 Å². The first-order valence-corrected chi connectivity index (χ1v) is 35.1. The van der Waals surface area contributed by atoms with E-state index in [1.54, 1.807) is 0 Å². The van der Waals surface area contributed by atoms with E-state index in [2.05, 4.69) is 34.6 Å². The molecule has 0 aromatic heterocycles. The van der Waals surface area contributed by atoms with Crippen LogP contribution >= 0.6 is 15.6 Å². The van der Waals surface area contributed by atoms with Crippen molar-refractivity contribution in [3.63, 3.8) is 0 Å². The standard InChI is InChI=1S/C61H118O17P2/c1-6-9-12-15-18-21-23-24-26-31-37-42-47-61(66)78-57(51-72-59(64)45-40-35-32-27-28-33-38-43-54(4)5)53-76-80(69,70)74-49-55(62)48-73-79(67,68)75-52-56(50-71-58(63)44-39-34-29-20-17-14-11-8-3)77-60(65)46-41-36-30-25-22-19-16-13-10-7-2/h54-57,62H,6-53H2,1-5H3,(H,67,68)(H,69,70)/t55-,56+,57+/m0/s1. The minimum Gasteiger partial charge on any atom is -0.462 e. The van der Waals surface area contributed by atoms with Gasteiger partial charge in [0.25, 0.3) is 0 Å². The van der Waals surface area contributed by atoms with Crippen molar-refractivity contribution in [1.29, 1.82) is 0 Å². The normalized spacial score (nSPS) is 14.3. The summed E-state index contributed by atoms with van der Waals surface area (Å²) in [7, 11) is -9.87. The Bertz CT molecular complexity index is 1570. The molecule has 0 rings (SSSR count). The second-order valence-corrected chi connectivity index (χ2v) is 25.5. The van der Waals surface area contributed by atoms with Crippen LogP contribution in [0.5, 0.6) is 0 Å². The monoisotopic (exact) mass is 1180 g/mol. The molecule has 0 aromatic carbocycles. The lowest BCUT2D eigenvalue weighted by atomic mass is 10.0. The highest BCUT2D eigenvalue weighted by Gasteiger charge is 2.30. The Kier molecular flexibility index (Phi) is 53.6. The van der Waals surface area contributed by atoms with E-state index in [1.165, 1.54) is 116 Å². The number of phosphoric acid groups is 2. The zero-order valence-corrected chi connectivity index (χ0v) is 53.0. The van der Waals surface area contributed by atoms with Gasteiger partial charge in [0.1, 0.15) is 19.3 Å². The van der Waals surface area contributed by atoms with Gasteiger partial charge in [-0.05, 0) is 31.6 Å². The van der Waals surface area contributed by atoms with Crippen molar-refractivity contribution < 1.29 is 80.2 Å². The second kappa shape index (κ2) is 55.0. The van der Waals surface area contributed by atoms with Gasteiger partial charge in [-0.25, -0.2) is 9.13 Å². The van der Waals surface area contributed by atoms with E-state index in [4.69, 9.17) is 37.0 Å². The first kappa shape index (κ1) is 78.1. The molecule has 0 saturated heterocycles. The summed E-state index contributed by atoms with van der Waals surface area (Å²) in [6.45, 7) is 7.08. The van der Waals surface area contributed by atoms with Gasteiger partial charge in [0, 0.05) is 25.7 Å². The Morgan fingerprint density at radius 1 is 0.338 bits per heavy atom. The summed E-state index contributed by atoms with van der Waals surface area (Å²) in [6, 6.07) is 0. The van der Waals surface area contributed by atoms with Crippen molar-refractivity contribution in [2.75, 3.05) is 39.6 Å². The summed E-state index contributed by atoms with van der Waals surface area (Å²) in [4.78, 5) is 72.0. The van der Waals surface area contributed by atoms with E-state index in [-0.39, 0.29) is 25.7 Å². The number of phosphoric ester groups is 2. The van der Waals surface area contributed by atoms with Gasteiger partial charge >= 0.3 is 39.5 Å². The van der Waals surface area contributed by atoms with Gasteiger partial charge in [0.15, 0.2) is 12.2 Å². The van der Waals surface area contributed by atoms with Crippen LogP contribution in [0.4, 0.5) is 0 Å². The minimum atomic E-state index is -4.94. The summed E-state index contributed by atoms with van der Waals surface area (Å²) in [5.41, 5.74) is 0. The maximum atomic E-state index is 12.9. The number of hydrogen-bond donors (Lipinski definition) is 3. The SMILES string of the molecule is CCCCCCCCCCCCCCC(=O)O[C@H](COC(=O)CCCCCCCCCC(C)C)COP(=O)(O)OC[C@@H](O)COP(=O)(O)OC[C@@H](COC(=O)CCCCCCCCCC)OC(=O)CCCCCCCCCCCC. The van der Waals surface area contributed by atoms with E-state index < -0.39 is 97.5 Å². The number of unbranched alkanes of at least 4 members (excludes halogenated alkanes) is 33. The molecule has 0 bridgehead atoms. The average Bonchev–Trinajstić information content (AvgIpc) is 3.42. The zero-order valence-electron chi connectivity index (χ0n) is 51.2. The third-order valence-corrected chi connectivity index (χ3v) is 15.9. The molecule has 0 aliphatic heterocycles. The lowest BCUT2D eigenvalue weighted by Crippen LogP contribution is -2.30. The molecule has 3 N–H and O–H groups in total. The molecule has 0 amide bonds. The Morgan fingerprint density at radius 2 is 0.575 bits per heavy atom. The van der Waals surface area contributed by atoms with Crippen LogP contribution in [0.25, 0.3) is 0 Å². The molecular formula is C61H118O17P2. The summed E-state index contributed by atoms with van der Waals surface area (Å²) in [5.74, 6) is -1.43. The first-order valence-electron chi connectivity index (χ1n) is 32.1. The molecule has 0 heterocycles. The Labute approximate surface area is 486 Å². The third kappa shape index (κ3) is 55.3. The summed E-state index contributed by atoms with van der Waals surface area (Å²) in [6.07, 6.45) is 37.6. The number of aliphatic hydroxyl groups is 1. The molecule has 0 aliphatic rings. The Balaban J connectivity index is 5.22. The highest BCUT2D eigenvalue weighted by atomic mass is 31.2. The van der Waals surface area contributed by atoms with Crippen molar-refractivity contribution in [2.45, 2.75) is 323 Å². The summed E-state index contributed by atoms with van der Waals surface area (Å²) < 4.78 is 67.8. The van der Waals surface area contributed by atoms with Crippen LogP contribution in [0.2, 0.25) is 0 Å². The predicted molar refractivity (Wildman–Crippen MR) is 317 cm³/mol. The lowest BCUT2D eigenvalue weighted by molar-refractivity contribution is -0.161. The first-order chi connectivity index (χ1) is 38.5. The third-order valence-electron chi connectivity index (χ3n) is 14.0. The van der Waals surface area contributed by atoms with Crippen LogP contribution in [0, 0.1) is 5.92 Å². The number of ether oxygens (including phenoxy) is 4. The second-order valence-electron chi connectivity index (χ2n) is 22.6. The van der Waals surface area contributed by atoms with Gasteiger partial charge in [-0.3, -0.25) is 37.3 Å². The van der Waals surface area contributed by atoms with Crippen LogP contribution in [0.1, 0.15) is 304 Å². The molecule has 0 aliphatic carbocycles. The fourth-order valence-electron chi connectivity index (χ4n) is 9.05. The molecule has 19 heteroatoms. The molecule has 474 valence electrons. The average molecular weight is 1190 g/mol. The predicted octanol–water partition coefficient (Wildman–Crippen LogP) is 16.6. The van der Waals surface area contributed by atoms with Crippen molar-refractivity contribution in [3.8, 4) is 0 Å². The number of rotatable bonds is 61. The number of carbonyl (C=O) groups is 4. The van der Waals surface area contributed by atoms with Gasteiger partial charge in [0.2, 0.25) is 0 Å². The van der Waals surface area contributed by atoms with E-state index in [9.17, 15) is 43.2 Å². The molecule has 2 unspecified atom stereocenters. The summed E-state index contributed by atoms with van der Waals surface area (Å²) >= 11 is 0. The smallest absolute Gasteiger partial charge is 0.462 e. The zero-order chi connectivity index (χ0) is 59.2. The fourth-order valence-corrected chi connectivity index (χ4v) is 10.6. The molecule has 80 heavy (non-hydrogen) atoms. The molecule has 0 spiro atoms. The maximum absolute atomic E-state index is 12.9. The van der Waals surface area contributed by atoms with Gasteiger partial charge in [0.05, 0.1) is 26.4 Å². The molecule has 0 fully saturated rings. The quantitative estimate of drug-likeness (QED) is 0.0222. The molecule has 5 atom stereocenters. The van der Waals surface area contributed by atoms with E-state index in [0.717, 1.165) is 103 Å². The van der Waals surface area contributed by atoms with Crippen molar-refractivity contribution in [3.05, 3.63) is 0 Å². The van der Waals surface area contributed by atoms with Crippen molar-refractivity contribution in [2.24, 2.45) is 5.92 Å². The highest BCUT2D eigenvalue weighted by Crippen LogP contribution is 2.45. The van der Waals surface area contributed by atoms with Crippen molar-refractivity contribution in [1.82, 2.24) is 0 Å². The van der Waals surface area contributed by atoms with E-state index in [1.807, 2.05) is 0 Å². The number of aliphatic hydroxyl groups excluding tert-OH is 1. The topological polar surface area (TPSA) is 237 Å². The number of esters is 4. The molecule has 0 saturated carbocycles. The van der Waals surface area contributed by atoms with Gasteiger partial charge in [-0.1, -0.05) is 253 Å². The van der Waals surface area contributed by atoms with Gasteiger partial charge < -0.3 is 33.8 Å². The van der Waals surface area contributed by atoms with Crippen LogP contribution in [0.15, 0.2) is 0 Å². The van der Waals surface area contributed by atoms with Gasteiger partial charge in [-0.15, -0.1) is 0 Å². The largest absolute Gasteiger partial charge is 0.472 e. The summed E-state index contributed by atoms with van der Waals surface area (Å²) in [5, 5.41) is 10.5. The Morgan fingerprint density at radius 3 is 0.850 bits per heavy atom. The molecule has 0 aromatic rings. The molecular weight excluding hydrogens is 1070 g/mol. The van der Waals surface area contributed by atoms with Crippen LogP contribution in [-0.2, 0) is 65.4 Å². The highest BCUT2D eigenvalue weighted by molar-refractivity contribution is 7.47. The molecule has 0 radical (unpaired) electrons. The van der Waals surface area contributed by atoms with Gasteiger partial charge in [-0.2, -0.15) is 0 Å². The maximum Gasteiger partial charge on any atom is 0.472 e. The van der Waals surface area contributed by atoms with E-state index >= 15 is 0 Å². The fraction of sp³-hybridized carbons (Fsp3) is 0.934. The Hall–Kier alpha value is -1.94. The minimum absolute atomic E-state index is 0.106. The number of hydrogen-bond acceptors (Lipinski definition) is 15. The van der Waals surface area contributed by atoms with Crippen LogP contribution in [0.3, 0.4) is 0 Å².